The maximum absolute atomic E-state index is 11.5. The lowest BCUT2D eigenvalue weighted by atomic mass is 10.2. The molecule has 2 N–H and O–H groups in total. The molecule has 0 aliphatic rings. The molecule has 0 atom stereocenters. The predicted molar refractivity (Wildman–Crippen MR) is 59.1 cm³/mol. The average Bonchev–Trinajstić information content (AvgIpc) is 2.26. The summed E-state index contributed by atoms with van der Waals surface area (Å²) in [4.78, 5) is 23.5. The molecular weight excluding hydrogens is 208 g/mol. The summed E-state index contributed by atoms with van der Waals surface area (Å²) in [6, 6.07) is 6.52. The van der Waals surface area contributed by atoms with Crippen LogP contribution in [0.1, 0.15) is 10.4 Å². The van der Waals surface area contributed by atoms with E-state index in [-0.39, 0.29) is 12.5 Å². The largest absolute Gasteiger partial charge is 0.484 e. The molecule has 5 heteroatoms. The van der Waals surface area contributed by atoms with Crippen LogP contribution in [0.4, 0.5) is 0 Å². The van der Waals surface area contributed by atoms with Crippen LogP contribution >= 0.6 is 0 Å². The SMILES string of the molecule is CN(C)C(=O)c1ccc(OCC(N)=O)cc1. The molecule has 16 heavy (non-hydrogen) atoms. The molecule has 5 nitrogen and oxygen atoms in total. The molecule has 0 aromatic heterocycles. The highest BCUT2D eigenvalue weighted by molar-refractivity contribution is 5.93. The third kappa shape index (κ3) is 3.27. The predicted octanol–water partition coefficient (Wildman–Crippen LogP) is 0.252. The quantitative estimate of drug-likeness (QED) is 0.793. The van der Waals surface area contributed by atoms with Crippen molar-refractivity contribution in [3.63, 3.8) is 0 Å². The summed E-state index contributed by atoms with van der Waals surface area (Å²) in [6.07, 6.45) is 0. The normalized spacial score (nSPS) is 9.62. The van der Waals surface area contributed by atoms with E-state index < -0.39 is 5.91 Å². The van der Waals surface area contributed by atoms with Crippen LogP contribution in [0.15, 0.2) is 24.3 Å². The summed E-state index contributed by atoms with van der Waals surface area (Å²) in [5, 5.41) is 0. The molecule has 0 bridgehead atoms. The van der Waals surface area contributed by atoms with Gasteiger partial charge in [0.15, 0.2) is 6.61 Å². The number of hydrogen-bond donors (Lipinski definition) is 1. The first-order valence-electron chi connectivity index (χ1n) is 4.73. The number of nitrogens with two attached hydrogens (primary N) is 1. The molecule has 0 radical (unpaired) electrons. The highest BCUT2D eigenvalue weighted by Gasteiger charge is 2.07. The van der Waals surface area contributed by atoms with Gasteiger partial charge in [0.25, 0.3) is 11.8 Å². The number of amides is 2. The standard InChI is InChI=1S/C11H14N2O3/c1-13(2)11(15)8-3-5-9(6-4-8)16-7-10(12)14/h3-6H,7H2,1-2H3,(H2,12,14). The zero-order chi connectivity index (χ0) is 12.1. The van der Waals surface area contributed by atoms with Crippen molar-refractivity contribution in [2.45, 2.75) is 0 Å². The lowest BCUT2D eigenvalue weighted by Crippen LogP contribution is -2.21. The summed E-state index contributed by atoms with van der Waals surface area (Å²) in [5.41, 5.74) is 5.50. The highest BCUT2D eigenvalue weighted by atomic mass is 16.5. The molecule has 1 rings (SSSR count). The Morgan fingerprint density at radius 3 is 2.25 bits per heavy atom. The minimum absolute atomic E-state index is 0.0820. The van der Waals surface area contributed by atoms with E-state index >= 15 is 0 Å². The van der Waals surface area contributed by atoms with Crippen molar-refractivity contribution in [3.05, 3.63) is 29.8 Å². The fourth-order valence-corrected chi connectivity index (χ4v) is 1.11. The van der Waals surface area contributed by atoms with Gasteiger partial charge in [-0.25, -0.2) is 0 Å². The monoisotopic (exact) mass is 222 g/mol. The second-order valence-corrected chi connectivity index (χ2v) is 3.48. The number of ether oxygens (including phenoxy) is 1. The summed E-state index contributed by atoms with van der Waals surface area (Å²) in [5.74, 6) is -0.107. The van der Waals surface area contributed by atoms with Crippen LogP contribution in [0.5, 0.6) is 5.75 Å². The Balaban J connectivity index is 2.68. The minimum Gasteiger partial charge on any atom is -0.484 e. The first kappa shape index (κ1) is 12.0. The van der Waals surface area contributed by atoms with Crippen molar-refractivity contribution in [1.82, 2.24) is 4.90 Å². The zero-order valence-electron chi connectivity index (χ0n) is 9.27. The fraction of sp³-hybridized carbons (Fsp3) is 0.273. The van der Waals surface area contributed by atoms with Crippen LogP contribution in [0.25, 0.3) is 0 Å². The van der Waals surface area contributed by atoms with Crippen molar-refractivity contribution in [1.29, 1.82) is 0 Å². The molecule has 86 valence electrons. The number of primary amides is 1. The average molecular weight is 222 g/mol. The van der Waals surface area contributed by atoms with Crippen molar-refractivity contribution < 1.29 is 14.3 Å². The van der Waals surface area contributed by atoms with Gasteiger partial charge in [-0.15, -0.1) is 0 Å². The molecule has 2 amide bonds. The molecule has 0 fully saturated rings. The van der Waals surface area contributed by atoms with Gasteiger partial charge in [0.2, 0.25) is 0 Å². The zero-order valence-corrected chi connectivity index (χ0v) is 9.27. The van der Waals surface area contributed by atoms with E-state index in [4.69, 9.17) is 10.5 Å². The number of carbonyl (C=O) groups excluding carboxylic acids is 2. The fourth-order valence-electron chi connectivity index (χ4n) is 1.11. The molecular formula is C11H14N2O3. The topological polar surface area (TPSA) is 72.6 Å². The van der Waals surface area contributed by atoms with Gasteiger partial charge in [0, 0.05) is 19.7 Å². The van der Waals surface area contributed by atoms with Gasteiger partial charge in [0.05, 0.1) is 0 Å². The molecule has 0 saturated carbocycles. The lowest BCUT2D eigenvalue weighted by molar-refractivity contribution is -0.119. The Labute approximate surface area is 93.8 Å². The van der Waals surface area contributed by atoms with E-state index in [0.29, 0.717) is 11.3 Å². The van der Waals surface area contributed by atoms with E-state index in [2.05, 4.69) is 0 Å². The van der Waals surface area contributed by atoms with E-state index in [1.54, 1.807) is 38.4 Å². The number of benzene rings is 1. The Kier molecular flexibility index (Phi) is 3.88. The van der Waals surface area contributed by atoms with E-state index in [0.717, 1.165) is 0 Å². The van der Waals surface area contributed by atoms with E-state index in [1.807, 2.05) is 0 Å². The van der Waals surface area contributed by atoms with Gasteiger partial charge in [0.1, 0.15) is 5.75 Å². The number of carbonyl (C=O) groups is 2. The van der Waals surface area contributed by atoms with E-state index in [1.165, 1.54) is 4.90 Å². The smallest absolute Gasteiger partial charge is 0.255 e. The number of rotatable bonds is 4. The van der Waals surface area contributed by atoms with Gasteiger partial charge in [-0.1, -0.05) is 0 Å². The first-order chi connectivity index (χ1) is 7.50. The number of nitrogens with zero attached hydrogens (tertiary/aromatic N) is 1. The summed E-state index contributed by atoms with van der Waals surface area (Å²) >= 11 is 0. The van der Waals surface area contributed by atoms with Gasteiger partial charge >= 0.3 is 0 Å². The third-order valence-electron chi connectivity index (χ3n) is 1.89. The molecule has 0 heterocycles. The van der Waals surface area contributed by atoms with Gasteiger partial charge in [-0.05, 0) is 24.3 Å². The second kappa shape index (κ2) is 5.16. The Morgan fingerprint density at radius 2 is 1.81 bits per heavy atom. The van der Waals surface area contributed by atoms with Crippen LogP contribution in [0, 0.1) is 0 Å². The molecule has 0 unspecified atom stereocenters. The molecule has 0 aliphatic carbocycles. The van der Waals surface area contributed by atoms with Crippen LogP contribution < -0.4 is 10.5 Å². The van der Waals surface area contributed by atoms with Crippen LogP contribution in [0.2, 0.25) is 0 Å². The lowest BCUT2D eigenvalue weighted by Gasteiger charge is -2.10. The summed E-state index contributed by atoms with van der Waals surface area (Å²) in [7, 11) is 3.36. The molecule has 0 aliphatic heterocycles. The first-order valence-corrected chi connectivity index (χ1v) is 4.73. The molecule has 0 spiro atoms. The van der Waals surface area contributed by atoms with Gasteiger partial charge in [-0.3, -0.25) is 9.59 Å². The van der Waals surface area contributed by atoms with Crippen LogP contribution in [-0.2, 0) is 4.79 Å². The maximum Gasteiger partial charge on any atom is 0.255 e. The van der Waals surface area contributed by atoms with Crippen LogP contribution in [0.3, 0.4) is 0 Å². The van der Waals surface area contributed by atoms with Crippen LogP contribution in [-0.4, -0.2) is 37.4 Å². The van der Waals surface area contributed by atoms with Gasteiger partial charge < -0.3 is 15.4 Å². The molecule has 0 saturated heterocycles. The molecule has 1 aromatic rings. The second-order valence-electron chi connectivity index (χ2n) is 3.48. The maximum atomic E-state index is 11.5. The van der Waals surface area contributed by atoms with E-state index in [9.17, 15) is 9.59 Å². The highest BCUT2D eigenvalue weighted by Crippen LogP contribution is 2.12. The third-order valence-corrected chi connectivity index (χ3v) is 1.89. The number of hydrogen-bond acceptors (Lipinski definition) is 3. The Hall–Kier alpha value is -2.04. The van der Waals surface area contributed by atoms with Gasteiger partial charge in [-0.2, -0.15) is 0 Å². The van der Waals surface area contributed by atoms with Crippen molar-refractivity contribution >= 4 is 11.8 Å². The Morgan fingerprint density at radius 1 is 1.25 bits per heavy atom. The summed E-state index contributed by atoms with van der Waals surface area (Å²) < 4.78 is 5.06. The van der Waals surface area contributed by atoms with Crippen molar-refractivity contribution in [3.8, 4) is 5.75 Å². The summed E-state index contributed by atoms with van der Waals surface area (Å²) in [6.45, 7) is -0.166. The van der Waals surface area contributed by atoms with Crippen molar-refractivity contribution in [2.75, 3.05) is 20.7 Å². The minimum atomic E-state index is -0.534. The molecule has 1 aromatic carbocycles. The Bertz CT molecular complexity index is 385. The van der Waals surface area contributed by atoms with Crippen molar-refractivity contribution in [2.24, 2.45) is 5.73 Å².